The van der Waals surface area contributed by atoms with E-state index in [2.05, 4.69) is 20.3 Å². The van der Waals surface area contributed by atoms with Gasteiger partial charge in [-0.3, -0.25) is 9.36 Å². The number of imidazole rings is 1. The van der Waals surface area contributed by atoms with Gasteiger partial charge in [0.15, 0.2) is 17.7 Å². The summed E-state index contributed by atoms with van der Waals surface area (Å²) in [5, 5.41) is 23.4. The molecular formula is C20H24N6O5. The summed E-state index contributed by atoms with van der Waals surface area (Å²) in [6.07, 6.45) is 0.650. The number of carbonyl (C=O) groups excluding carboxylic acids is 1. The van der Waals surface area contributed by atoms with Gasteiger partial charge in [0.05, 0.1) is 26.1 Å². The molecule has 1 fully saturated rings. The van der Waals surface area contributed by atoms with Gasteiger partial charge in [-0.25, -0.2) is 15.0 Å². The molecule has 1 amide bonds. The van der Waals surface area contributed by atoms with Gasteiger partial charge in [-0.2, -0.15) is 0 Å². The first-order chi connectivity index (χ1) is 15.0. The number of nitrogen functional groups attached to an aromatic ring is 1. The predicted molar refractivity (Wildman–Crippen MR) is 110 cm³/mol. The van der Waals surface area contributed by atoms with E-state index in [1.54, 1.807) is 7.11 Å². The van der Waals surface area contributed by atoms with Gasteiger partial charge in [0.2, 0.25) is 5.91 Å². The number of aliphatic hydroxyl groups excluding tert-OH is 2. The average Bonchev–Trinajstić information content (AvgIpc) is 3.35. The maximum absolute atomic E-state index is 12.5. The molecular weight excluding hydrogens is 404 g/mol. The summed E-state index contributed by atoms with van der Waals surface area (Å²) in [7, 11) is 1.59. The van der Waals surface area contributed by atoms with Crippen molar-refractivity contribution < 1.29 is 24.5 Å². The number of anilines is 1. The molecule has 4 rings (SSSR count). The standard InChI is InChI=1S/C20H24N6O5/c1-30-12-5-2-11(3-6-12)4-7-14(28)25-15-13(8-27)31-20(17(15)29)26-10-24-16-18(21)22-9-23-19(16)26/h2-3,5-6,9-10,13,15,17,20,27,29H,4,7-8H2,1H3,(H,25,28)(H2,21,22,23)/t13-,15-,17-,20-/m1/s1. The van der Waals surface area contributed by atoms with Gasteiger partial charge in [-0.1, -0.05) is 12.1 Å². The number of amides is 1. The van der Waals surface area contributed by atoms with Crippen molar-refractivity contribution in [1.82, 2.24) is 24.8 Å². The van der Waals surface area contributed by atoms with E-state index in [4.69, 9.17) is 15.2 Å². The lowest BCUT2D eigenvalue weighted by atomic mass is 10.1. The van der Waals surface area contributed by atoms with Crippen LogP contribution in [0.15, 0.2) is 36.9 Å². The van der Waals surface area contributed by atoms with Gasteiger partial charge >= 0.3 is 0 Å². The summed E-state index contributed by atoms with van der Waals surface area (Å²) in [5.74, 6) is 0.693. The fourth-order valence-electron chi connectivity index (χ4n) is 3.67. The summed E-state index contributed by atoms with van der Waals surface area (Å²) in [6.45, 7) is -0.374. The number of nitrogens with one attached hydrogen (secondary N) is 1. The predicted octanol–water partition coefficient (Wildman–Crippen LogP) is -0.215. The van der Waals surface area contributed by atoms with E-state index < -0.39 is 24.5 Å². The van der Waals surface area contributed by atoms with Gasteiger partial charge in [0.25, 0.3) is 0 Å². The van der Waals surface area contributed by atoms with Gasteiger partial charge in [0, 0.05) is 6.42 Å². The Morgan fingerprint density at radius 1 is 1.29 bits per heavy atom. The normalized spacial score (nSPS) is 23.2. The summed E-state index contributed by atoms with van der Waals surface area (Å²) in [5.41, 5.74) is 7.57. The van der Waals surface area contributed by atoms with Crippen LogP contribution >= 0.6 is 0 Å². The van der Waals surface area contributed by atoms with Crippen LogP contribution < -0.4 is 15.8 Å². The number of aromatic nitrogens is 4. The third-order valence-corrected chi connectivity index (χ3v) is 5.34. The molecule has 0 aliphatic carbocycles. The molecule has 0 spiro atoms. The van der Waals surface area contributed by atoms with Crippen molar-refractivity contribution in [3.8, 4) is 5.75 Å². The lowest BCUT2D eigenvalue weighted by molar-refractivity contribution is -0.122. The highest BCUT2D eigenvalue weighted by molar-refractivity contribution is 5.81. The average molecular weight is 428 g/mol. The van der Waals surface area contributed by atoms with E-state index in [0.29, 0.717) is 17.6 Å². The van der Waals surface area contributed by atoms with E-state index in [1.807, 2.05) is 24.3 Å². The van der Waals surface area contributed by atoms with Crippen LogP contribution in [0.5, 0.6) is 5.75 Å². The highest BCUT2D eigenvalue weighted by atomic mass is 16.5. The summed E-state index contributed by atoms with van der Waals surface area (Å²) < 4.78 is 12.5. The molecule has 11 heteroatoms. The van der Waals surface area contributed by atoms with Crippen LogP contribution in [-0.2, 0) is 16.0 Å². The highest BCUT2D eigenvalue weighted by Crippen LogP contribution is 2.32. The SMILES string of the molecule is COc1ccc(CCC(=O)N[C@H]2[C@@H](O)[C@H](n3cnc4c(N)ncnc43)O[C@@H]2CO)cc1. The molecule has 0 saturated carbocycles. The Balaban J connectivity index is 1.43. The van der Waals surface area contributed by atoms with Crippen LogP contribution in [0, 0.1) is 0 Å². The monoisotopic (exact) mass is 428 g/mol. The van der Waals surface area contributed by atoms with Crippen molar-refractivity contribution >= 4 is 22.9 Å². The van der Waals surface area contributed by atoms with Crippen LogP contribution in [-0.4, -0.2) is 67.6 Å². The Morgan fingerprint density at radius 3 is 2.77 bits per heavy atom. The summed E-state index contributed by atoms with van der Waals surface area (Å²) >= 11 is 0. The summed E-state index contributed by atoms with van der Waals surface area (Å²) in [4.78, 5) is 24.7. The maximum atomic E-state index is 12.5. The molecule has 164 valence electrons. The van der Waals surface area contributed by atoms with E-state index in [0.717, 1.165) is 11.3 Å². The van der Waals surface area contributed by atoms with Crippen molar-refractivity contribution in [3.63, 3.8) is 0 Å². The first-order valence-electron chi connectivity index (χ1n) is 9.81. The molecule has 0 radical (unpaired) electrons. The Kier molecular flexibility index (Phi) is 5.98. The van der Waals surface area contributed by atoms with Crippen molar-refractivity contribution in [1.29, 1.82) is 0 Å². The van der Waals surface area contributed by atoms with Crippen LogP contribution in [0.1, 0.15) is 18.2 Å². The molecule has 11 nitrogen and oxygen atoms in total. The topological polar surface area (TPSA) is 158 Å². The Bertz CT molecular complexity index is 1060. The molecule has 1 saturated heterocycles. The van der Waals surface area contributed by atoms with Crippen LogP contribution in [0.25, 0.3) is 11.2 Å². The number of nitrogens with two attached hydrogens (primary N) is 1. The second-order valence-electron chi connectivity index (χ2n) is 7.26. The zero-order chi connectivity index (χ0) is 22.0. The number of aliphatic hydroxyl groups is 2. The molecule has 1 aliphatic heterocycles. The maximum Gasteiger partial charge on any atom is 0.220 e. The molecule has 3 heterocycles. The van der Waals surface area contributed by atoms with E-state index in [-0.39, 0.29) is 24.8 Å². The largest absolute Gasteiger partial charge is 0.497 e. The Labute approximate surface area is 177 Å². The fourth-order valence-corrected chi connectivity index (χ4v) is 3.67. The van der Waals surface area contributed by atoms with Gasteiger partial charge in [0.1, 0.15) is 29.8 Å². The smallest absolute Gasteiger partial charge is 0.220 e. The number of ether oxygens (including phenoxy) is 2. The molecule has 0 bridgehead atoms. The van der Waals surface area contributed by atoms with E-state index in [1.165, 1.54) is 17.2 Å². The molecule has 1 aliphatic rings. The van der Waals surface area contributed by atoms with Crippen LogP contribution in [0.4, 0.5) is 5.82 Å². The number of hydrogen-bond donors (Lipinski definition) is 4. The zero-order valence-electron chi connectivity index (χ0n) is 16.9. The minimum Gasteiger partial charge on any atom is -0.497 e. The highest BCUT2D eigenvalue weighted by Gasteiger charge is 2.45. The number of hydrogen-bond acceptors (Lipinski definition) is 9. The fraction of sp³-hybridized carbons (Fsp3) is 0.400. The zero-order valence-corrected chi connectivity index (χ0v) is 16.9. The molecule has 1 aromatic carbocycles. The second kappa shape index (κ2) is 8.84. The third kappa shape index (κ3) is 4.15. The molecule has 3 aromatic rings. The van der Waals surface area contributed by atoms with E-state index in [9.17, 15) is 15.0 Å². The lowest BCUT2D eigenvalue weighted by Crippen LogP contribution is -2.48. The van der Waals surface area contributed by atoms with Crippen molar-refractivity contribution in [3.05, 3.63) is 42.5 Å². The minimum absolute atomic E-state index is 0.207. The Hall–Kier alpha value is -3.28. The molecule has 0 unspecified atom stereocenters. The van der Waals surface area contributed by atoms with E-state index >= 15 is 0 Å². The number of aryl methyl sites for hydroxylation is 1. The lowest BCUT2D eigenvalue weighted by Gasteiger charge is -2.21. The number of methoxy groups -OCH3 is 1. The quantitative estimate of drug-likeness (QED) is 0.399. The number of benzene rings is 1. The van der Waals surface area contributed by atoms with Crippen LogP contribution in [0.2, 0.25) is 0 Å². The number of nitrogens with zero attached hydrogens (tertiary/aromatic N) is 4. The Morgan fingerprint density at radius 2 is 2.06 bits per heavy atom. The molecule has 4 atom stereocenters. The molecule has 5 N–H and O–H groups in total. The number of rotatable bonds is 7. The van der Waals surface area contributed by atoms with Gasteiger partial charge < -0.3 is 30.7 Å². The molecule has 31 heavy (non-hydrogen) atoms. The third-order valence-electron chi connectivity index (χ3n) is 5.34. The van der Waals surface area contributed by atoms with Gasteiger partial charge in [-0.05, 0) is 24.1 Å². The van der Waals surface area contributed by atoms with Crippen molar-refractivity contribution in [2.45, 2.75) is 37.3 Å². The number of fused-ring (bicyclic) bond motifs is 1. The van der Waals surface area contributed by atoms with Gasteiger partial charge in [-0.15, -0.1) is 0 Å². The minimum atomic E-state index is -1.13. The first-order valence-corrected chi connectivity index (χ1v) is 9.81. The number of carbonyl (C=O) groups is 1. The van der Waals surface area contributed by atoms with Crippen LogP contribution in [0.3, 0.4) is 0 Å². The molecule has 2 aromatic heterocycles. The summed E-state index contributed by atoms with van der Waals surface area (Å²) in [6, 6.07) is 6.66. The first kappa shape index (κ1) is 21.0. The van der Waals surface area contributed by atoms with Crippen molar-refractivity contribution in [2.75, 3.05) is 19.5 Å². The second-order valence-corrected chi connectivity index (χ2v) is 7.26. The van der Waals surface area contributed by atoms with Crippen molar-refractivity contribution in [2.24, 2.45) is 0 Å².